The van der Waals surface area contributed by atoms with E-state index in [1.54, 1.807) is 24.3 Å². The second kappa shape index (κ2) is 19.5. The highest BCUT2D eigenvalue weighted by atomic mass is 32.2. The van der Waals surface area contributed by atoms with Gasteiger partial charge in [0.25, 0.3) is 5.91 Å². The number of esters is 1. The number of amides is 4. The second-order valence-electron chi connectivity index (χ2n) is 16.7. The first kappa shape index (κ1) is 44.8. The van der Waals surface area contributed by atoms with Crippen LogP contribution in [0.1, 0.15) is 121 Å². The molecule has 1 aromatic carbocycles. The molecule has 14 nitrogen and oxygen atoms in total. The number of benzene rings is 1. The van der Waals surface area contributed by atoms with Crippen LogP contribution in [-0.4, -0.2) is 90.9 Å². The summed E-state index contributed by atoms with van der Waals surface area (Å²) < 4.78 is 32.8. The van der Waals surface area contributed by atoms with Crippen LogP contribution in [0.3, 0.4) is 0 Å². The minimum absolute atomic E-state index is 0.0849. The Morgan fingerprint density at radius 3 is 2.25 bits per heavy atom. The number of piperidine rings is 1. The van der Waals surface area contributed by atoms with E-state index in [2.05, 4.69) is 25.7 Å². The van der Waals surface area contributed by atoms with Crippen LogP contribution in [0, 0.1) is 17.3 Å². The predicted octanol–water partition coefficient (Wildman–Crippen LogP) is 4.27. The van der Waals surface area contributed by atoms with Crippen LogP contribution >= 0.6 is 11.3 Å². The van der Waals surface area contributed by atoms with Crippen LogP contribution < -0.4 is 20.7 Å². The third kappa shape index (κ3) is 12.8. The summed E-state index contributed by atoms with van der Waals surface area (Å²) in [5.74, 6) is -2.95. The Morgan fingerprint density at radius 2 is 1.68 bits per heavy atom. The van der Waals surface area contributed by atoms with Crippen LogP contribution in [0.5, 0.6) is 0 Å². The van der Waals surface area contributed by atoms with Crippen molar-refractivity contribution in [3.63, 3.8) is 0 Å². The fourth-order valence-corrected chi connectivity index (χ4v) is 9.20. The maximum absolute atomic E-state index is 14.2. The largest absolute Gasteiger partial charge is 0.455 e. The van der Waals surface area contributed by atoms with Crippen LogP contribution in [-0.2, 0) is 40.4 Å². The van der Waals surface area contributed by atoms with Gasteiger partial charge in [-0.25, -0.2) is 13.4 Å². The van der Waals surface area contributed by atoms with Gasteiger partial charge in [0.05, 0.1) is 11.3 Å². The fraction of sp³-hybridized carbons (Fsp3) is 0.650. The number of nitrogens with zero attached hydrogens (tertiary/aromatic N) is 2. The van der Waals surface area contributed by atoms with Gasteiger partial charge in [-0.05, 0) is 62.0 Å². The van der Waals surface area contributed by atoms with E-state index >= 15 is 0 Å². The van der Waals surface area contributed by atoms with E-state index in [-0.39, 0.29) is 42.3 Å². The van der Waals surface area contributed by atoms with Gasteiger partial charge in [0.1, 0.15) is 16.7 Å². The van der Waals surface area contributed by atoms with Crippen molar-refractivity contribution in [2.45, 2.75) is 135 Å². The van der Waals surface area contributed by atoms with E-state index in [0.717, 1.165) is 36.3 Å². The first-order chi connectivity index (χ1) is 26.3. The molecule has 2 heterocycles. The Morgan fingerprint density at radius 1 is 1.00 bits per heavy atom. The van der Waals surface area contributed by atoms with Crippen molar-refractivity contribution in [1.82, 2.24) is 30.6 Å². The molecule has 1 aliphatic heterocycles. The molecule has 56 heavy (non-hydrogen) atoms. The molecule has 1 saturated carbocycles. The molecule has 16 heteroatoms. The lowest BCUT2D eigenvalue weighted by Crippen LogP contribution is -2.59. The lowest BCUT2D eigenvalue weighted by Gasteiger charge is -2.39. The first-order valence-electron chi connectivity index (χ1n) is 19.6. The van der Waals surface area contributed by atoms with Gasteiger partial charge in [-0.1, -0.05) is 78.3 Å². The summed E-state index contributed by atoms with van der Waals surface area (Å²) in [5.41, 5.74) is 0.409. The van der Waals surface area contributed by atoms with Gasteiger partial charge in [-0.15, -0.1) is 11.3 Å². The van der Waals surface area contributed by atoms with Crippen molar-refractivity contribution in [3.05, 3.63) is 52.0 Å². The maximum atomic E-state index is 14.2. The molecule has 0 unspecified atom stereocenters. The molecule has 4 N–H and O–H groups in total. The van der Waals surface area contributed by atoms with Crippen molar-refractivity contribution in [3.8, 4) is 0 Å². The van der Waals surface area contributed by atoms with E-state index in [1.807, 2.05) is 65.0 Å². The quantitative estimate of drug-likeness (QED) is 0.158. The number of likely N-dealkylation sites (N-methyl/N-ethyl adjacent to an activating group) is 1. The smallest absolute Gasteiger partial charge is 0.303 e. The minimum Gasteiger partial charge on any atom is -0.455 e. The molecule has 4 amide bonds. The molecule has 1 aromatic heterocycles. The van der Waals surface area contributed by atoms with E-state index in [1.165, 1.54) is 6.92 Å². The van der Waals surface area contributed by atoms with Crippen LogP contribution in [0.25, 0.3) is 0 Å². The molecule has 4 rings (SSSR count). The normalized spacial score (nSPS) is 18.8. The predicted molar refractivity (Wildman–Crippen MR) is 215 cm³/mol. The lowest BCUT2D eigenvalue weighted by atomic mass is 9.84. The number of carbonyl (C=O) groups is 5. The summed E-state index contributed by atoms with van der Waals surface area (Å²) in [7, 11) is -2.03. The average Bonchev–Trinajstić information content (AvgIpc) is 3.89. The number of hydrogen-bond acceptors (Lipinski definition) is 11. The number of nitrogens with one attached hydrogen (secondary N) is 4. The summed E-state index contributed by atoms with van der Waals surface area (Å²) in [4.78, 5) is 72.7. The zero-order valence-corrected chi connectivity index (χ0v) is 35.6. The van der Waals surface area contributed by atoms with Crippen molar-refractivity contribution in [2.75, 3.05) is 13.6 Å². The highest BCUT2D eigenvalue weighted by Crippen LogP contribution is 2.32. The zero-order valence-electron chi connectivity index (χ0n) is 33.9. The number of sulfonamides is 1. The highest BCUT2D eigenvalue weighted by Gasteiger charge is 2.40. The van der Waals surface area contributed by atoms with Gasteiger partial charge in [0, 0.05) is 43.8 Å². The summed E-state index contributed by atoms with van der Waals surface area (Å²) in [6.07, 6.45) is 3.57. The Hall–Kier alpha value is -3.89. The maximum Gasteiger partial charge on any atom is 0.303 e. The molecular formula is C40H60N6O8S2. The molecule has 2 aliphatic rings. The molecule has 0 bridgehead atoms. The van der Waals surface area contributed by atoms with Crippen LogP contribution in [0.4, 0.5) is 0 Å². The van der Waals surface area contributed by atoms with Crippen LogP contribution in [0.2, 0.25) is 0 Å². The number of carbonyl (C=O) groups excluding carboxylic acids is 5. The summed E-state index contributed by atoms with van der Waals surface area (Å²) in [5, 5.41) is 10.7. The average molecular weight is 817 g/mol. The molecule has 1 saturated heterocycles. The molecule has 310 valence electrons. The molecule has 2 fully saturated rings. The molecule has 0 spiro atoms. The van der Waals surface area contributed by atoms with Gasteiger partial charge >= 0.3 is 5.97 Å². The van der Waals surface area contributed by atoms with Crippen molar-refractivity contribution < 1.29 is 37.1 Å². The third-order valence-corrected chi connectivity index (χ3v) is 13.2. The van der Waals surface area contributed by atoms with E-state index in [9.17, 15) is 32.4 Å². The van der Waals surface area contributed by atoms with Gasteiger partial charge in [0.2, 0.25) is 27.7 Å². The zero-order chi connectivity index (χ0) is 41.4. The first-order valence-corrected chi connectivity index (χ1v) is 22.0. The number of ether oxygens (including phenoxy) is 1. The van der Waals surface area contributed by atoms with Crippen LogP contribution in [0.15, 0.2) is 35.7 Å². The standard InChI is InChI=1S/C40H60N6O8S2/c1-24(2)32(46(8)39(51)34(40(5,6)7)44-36(49)30-16-12-13-19-41-30)22-33(54-26(4)47)38-43-31(23-55-38)37(50)42-28(21-27-14-10-9-11-15-27)20-25(3)35(48)45-56(52,53)29-17-18-29/h9-11,14-15,23-25,28-30,32-34,41H,12-13,16-22H2,1-8H3,(H,42,50)(H,44,49)(H,45,48)/t25-,28+,30+,32+,33+,34+/m0/s1. The Kier molecular flexibility index (Phi) is 15.6. The minimum atomic E-state index is -3.72. The molecule has 1 aliphatic carbocycles. The topological polar surface area (TPSA) is 193 Å². The monoisotopic (exact) mass is 816 g/mol. The van der Waals surface area contributed by atoms with Gasteiger partial charge in [-0.2, -0.15) is 0 Å². The second-order valence-corrected chi connectivity index (χ2v) is 19.5. The number of aromatic nitrogens is 1. The third-order valence-electron chi connectivity index (χ3n) is 10.4. The highest BCUT2D eigenvalue weighted by molar-refractivity contribution is 7.90. The lowest BCUT2D eigenvalue weighted by molar-refractivity contribution is -0.149. The van der Waals surface area contributed by atoms with Crippen molar-refractivity contribution >= 4 is 51.0 Å². The summed E-state index contributed by atoms with van der Waals surface area (Å²) in [6, 6.07) is 7.29. The van der Waals surface area contributed by atoms with E-state index < -0.39 is 68.6 Å². The van der Waals surface area contributed by atoms with Gasteiger partial charge in [0.15, 0.2) is 6.10 Å². The number of hydrogen-bond donors (Lipinski definition) is 4. The fourth-order valence-electron chi connectivity index (χ4n) is 6.96. The van der Waals surface area contributed by atoms with Gasteiger partial charge < -0.3 is 25.6 Å². The van der Waals surface area contributed by atoms with E-state index in [0.29, 0.717) is 30.7 Å². The Bertz CT molecular complexity index is 1780. The number of rotatable bonds is 18. The molecule has 0 radical (unpaired) electrons. The van der Waals surface area contributed by atoms with Crippen molar-refractivity contribution in [1.29, 1.82) is 0 Å². The summed E-state index contributed by atoms with van der Waals surface area (Å²) in [6.45, 7) is 13.3. The van der Waals surface area contributed by atoms with Crippen molar-refractivity contribution in [2.24, 2.45) is 17.3 Å². The molecular weight excluding hydrogens is 757 g/mol. The Labute approximate surface area is 335 Å². The number of thiazole rings is 1. The Balaban J connectivity index is 1.50. The van der Waals surface area contributed by atoms with E-state index in [4.69, 9.17) is 4.74 Å². The SMILES string of the molecule is CC(=O)O[C@H](C[C@H](C(C)C)N(C)C(=O)[C@@H](NC(=O)[C@H]1CCCCN1)C(C)(C)C)c1nc(C(=O)N[C@@H](Cc2ccccc2)C[C@H](C)C(=O)NS(=O)(=O)C2CC2)cs1. The summed E-state index contributed by atoms with van der Waals surface area (Å²) >= 11 is 1.15. The van der Waals surface area contributed by atoms with Gasteiger partial charge in [-0.3, -0.25) is 28.7 Å². The molecule has 2 aromatic rings. The molecule has 6 atom stereocenters.